The summed E-state index contributed by atoms with van der Waals surface area (Å²) in [7, 11) is 4.84. The van der Waals surface area contributed by atoms with Crippen molar-refractivity contribution in [1.82, 2.24) is 10.6 Å². The van der Waals surface area contributed by atoms with Crippen molar-refractivity contribution in [3.63, 3.8) is 0 Å². The van der Waals surface area contributed by atoms with E-state index in [4.69, 9.17) is 23.7 Å². The van der Waals surface area contributed by atoms with Crippen molar-refractivity contribution in [3.05, 3.63) is 41.5 Å². The minimum Gasteiger partial charge on any atom is -0.496 e. The quantitative estimate of drug-likeness (QED) is 0.285. The molecule has 3 rings (SSSR count). The van der Waals surface area contributed by atoms with Crippen molar-refractivity contribution < 1.29 is 23.7 Å². The van der Waals surface area contributed by atoms with Crippen LogP contribution < -0.4 is 34.3 Å². The number of nitrogens with zero attached hydrogens (tertiary/aromatic N) is 1. The average Bonchev–Trinajstić information content (AvgIpc) is 3.24. The van der Waals surface area contributed by atoms with Crippen LogP contribution in [0.3, 0.4) is 0 Å². The minimum atomic E-state index is 0. The molecule has 1 aliphatic rings. The van der Waals surface area contributed by atoms with Gasteiger partial charge in [0.15, 0.2) is 29.0 Å². The summed E-state index contributed by atoms with van der Waals surface area (Å²) in [5, 5.41) is 6.63. The number of halogens is 1. The van der Waals surface area contributed by atoms with Gasteiger partial charge in [-0.3, -0.25) is 0 Å². The largest absolute Gasteiger partial charge is 0.496 e. The van der Waals surface area contributed by atoms with Crippen molar-refractivity contribution >= 4 is 29.9 Å². The highest BCUT2D eigenvalue weighted by Gasteiger charge is 2.14. The van der Waals surface area contributed by atoms with Gasteiger partial charge in [-0.25, -0.2) is 4.99 Å². The number of rotatable bonds is 9. The highest BCUT2D eigenvalue weighted by atomic mass is 127. The zero-order valence-electron chi connectivity index (χ0n) is 18.3. The molecule has 2 aromatic carbocycles. The van der Waals surface area contributed by atoms with Gasteiger partial charge in [0.25, 0.3) is 0 Å². The van der Waals surface area contributed by atoms with E-state index in [0.29, 0.717) is 23.8 Å². The van der Waals surface area contributed by atoms with Gasteiger partial charge in [0, 0.05) is 24.7 Å². The normalized spacial score (nSPS) is 12.1. The third kappa shape index (κ3) is 6.46. The summed E-state index contributed by atoms with van der Waals surface area (Å²) in [6.45, 7) is 4.25. The smallest absolute Gasteiger partial charge is 0.231 e. The number of guanidine groups is 1. The lowest BCUT2D eigenvalue weighted by atomic mass is 10.1. The number of methoxy groups -OCH3 is 3. The van der Waals surface area contributed by atoms with Crippen molar-refractivity contribution in [2.24, 2.45) is 4.99 Å². The van der Waals surface area contributed by atoms with E-state index in [1.165, 1.54) is 5.56 Å². The first-order chi connectivity index (χ1) is 14.7. The Morgan fingerprint density at radius 1 is 0.935 bits per heavy atom. The molecule has 0 bridgehead atoms. The predicted octanol–water partition coefficient (Wildman–Crippen LogP) is 3.36. The molecule has 0 saturated carbocycles. The monoisotopic (exact) mass is 543 g/mol. The molecule has 0 aromatic heterocycles. The number of fused-ring (bicyclic) bond motifs is 1. The second kappa shape index (κ2) is 12.3. The van der Waals surface area contributed by atoms with Crippen molar-refractivity contribution in [1.29, 1.82) is 0 Å². The molecule has 2 N–H and O–H groups in total. The second-order valence-electron chi connectivity index (χ2n) is 6.58. The number of hydrogen-bond donors (Lipinski definition) is 2. The lowest BCUT2D eigenvalue weighted by Crippen LogP contribution is -2.38. The number of nitrogens with one attached hydrogen (secondary N) is 2. The molecule has 0 amide bonds. The van der Waals surface area contributed by atoms with E-state index in [-0.39, 0.29) is 30.8 Å². The van der Waals surface area contributed by atoms with Crippen LogP contribution in [-0.2, 0) is 13.0 Å². The molecule has 2 aromatic rings. The van der Waals surface area contributed by atoms with E-state index in [1.807, 2.05) is 37.3 Å². The number of aliphatic imine (C=N–C) groups is 1. The Morgan fingerprint density at radius 2 is 1.65 bits per heavy atom. The zero-order valence-corrected chi connectivity index (χ0v) is 20.6. The van der Waals surface area contributed by atoms with Gasteiger partial charge in [-0.05, 0) is 37.1 Å². The van der Waals surface area contributed by atoms with Crippen molar-refractivity contribution in [2.45, 2.75) is 19.9 Å². The molecule has 0 aliphatic carbocycles. The summed E-state index contributed by atoms with van der Waals surface area (Å²) in [6.07, 6.45) is 0.834. The molecule has 9 heteroatoms. The molecule has 0 fully saturated rings. The Kier molecular flexibility index (Phi) is 9.83. The van der Waals surface area contributed by atoms with Crippen LogP contribution in [0, 0.1) is 0 Å². The summed E-state index contributed by atoms with van der Waals surface area (Å²) < 4.78 is 27.0. The molecule has 0 radical (unpaired) electrons. The standard InChI is InChI=1S/C22H29N3O5.HI/c1-5-23-22(24-9-8-15-6-7-17-21(10-15)30-14-29-17)25-13-16-11-19(27-3)20(28-4)12-18(16)26-2;/h6-7,10-12H,5,8-9,13-14H2,1-4H3,(H2,23,24,25);1H. The Labute approximate surface area is 200 Å². The van der Waals surface area contributed by atoms with Crippen LogP contribution in [0.25, 0.3) is 0 Å². The Morgan fingerprint density at radius 3 is 2.35 bits per heavy atom. The van der Waals surface area contributed by atoms with Gasteiger partial charge in [0.05, 0.1) is 27.9 Å². The first-order valence-electron chi connectivity index (χ1n) is 9.88. The van der Waals surface area contributed by atoms with E-state index in [1.54, 1.807) is 21.3 Å². The predicted molar refractivity (Wildman–Crippen MR) is 131 cm³/mol. The van der Waals surface area contributed by atoms with E-state index in [2.05, 4.69) is 15.6 Å². The van der Waals surface area contributed by atoms with Crippen LogP contribution >= 0.6 is 24.0 Å². The van der Waals surface area contributed by atoms with E-state index < -0.39 is 0 Å². The van der Waals surface area contributed by atoms with Crippen LogP contribution in [-0.4, -0.2) is 47.2 Å². The molecule has 0 atom stereocenters. The molecule has 170 valence electrons. The van der Waals surface area contributed by atoms with Gasteiger partial charge in [0.1, 0.15) is 5.75 Å². The van der Waals surface area contributed by atoms with E-state index in [0.717, 1.165) is 42.5 Å². The molecule has 1 aliphatic heterocycles. The maximum absolute atomic E-state index is 5.49. The minimum absolute atomic E-state index is 0. The number of hydrogen-bond acceptors (Lipinski definition) is 6. The van der Waals surface area contributed by atoms with Gasteiger partial charge < -0.3 is 34.3 Å². The fraction of sp³-hybridized carbons (Fsp3) is 0.409. The van der Waals surface area contributed by atoms with E-state index in [9.17, 15) is 0 Å². The third-order valence-corrected chi connectivity index (χ3v) is 4.68. The van der Waals surface area contributed by atoms with Crippen LogP contribution in [0.2, 0.25) is 0 Å². The number of benzene rings is 2. The topological polar surface area (TPSA) is 82.6 Å². The molecular weight excluding hydrogens is 513 g/mol. The second-order valence-corrected chi connectivity index (χ2v) is 6.58. The van der Waals surface area contributed by atoms with Gasteiger partial charge in [-0.2, -0.15) is 0 Å². The van der Waals surface area contributed by atoms with Gasteiger partial charge in [0.2, 0.25) is 6.79 Å². The maximum atomic E-state index is 5.49. The van der Waals surface area contributed by atoms with Crippen LogP contribution in [0.4, 0.5) is 0 Å². The van der Waals surface area contributed by atoms with Crippen LogP contribution in [0.5, 0.6) is 28.7 Å². The van der Waals surface area contributed by atoms with Crippen molar-refractivity contribution in [3.8, 4) is 28.7 Å². The summed E-state index contributed by atoms with van der Waals surface area (Å²) in [6, 6.07) is 9.71. The summed E-state index contributed by atoms with van der Waals surface area (Å²) in [4.78, 5) is 4.69. The Hall–Kier alpha value is -2.56. The van der Waals surface area contributed by atoms with Crippen molar-refractivity contribution in [2.75, 3.05) is 41.2 Å². The molecule has 0 spiro atoms. The highest BCUT2D eigenvalue weighted by molar-refractivity contribution is 14.0. The summed E-state index contributed by atoms with van der Waals surface area (Å²) in [5.41, 5.74) is 2.08. The molecule has 31 heavy (non-hydrogen) atoms. The molecule has 0 unspecified atom stereocenters. The molecule has 1 heterocycles. The SMILES string of the molecule is CCNC(=NCc1cc(OC)c(OC)cc1OC)NCCc1ccc2c(c1)OCO2.I. The third-order valence-electron chi connectivity index (χ3n) is 4.68. The lowest BCUT2D eigenvalue weighted by molar-refractivity contribution is 0.174. The Balaban J connectivity index is 0.00000341. The molecule has 8 nitrogen and oxygen atoms in total. The van der Waals surface area contributed by atoms with Gasteiger partial charge in [-0.1, -0.05) is 6.07 Å². The highest BCUT2D eigenvalue weighted by Crippen LogP contribution is 2.35. The van der Waals surface area contributed by atoms with Gasteiger partial charge in [-0.15, -0.1) is 24.0 Å². The summed E-state index contributed by atoms with van der Waals surface area (Å²) >= 11 is 0. The molecule has 0 saturated heterocycles. The Bertz CT molecular complexity index is 892. The van der Waals surface area contributed by atoms with Gasteiger partial charge >= 0.3 is 0 Å². The average molecular weight is 543 g/mol. The first-order valence-corrected chi connectivity index (χ1v) is 9.88. The van der Waals surface area contributed by atoms with E-state index >= 15 is 0 Å². The number of ether oxygens (including phenoxy) is 5. The fourth-order valence-corrected chi connectivity index (χ4v) is 3.14. The van der Waals surface area contributed by atoms with Crippen LogP contribution in [0.15, 0.2) is 35.3 Å². The molecular formula is C22H30IN3O5. The maximum Gasteiger partial charge on any atom is 0.231 e. The zero-order chi connectivity index (χ0) is 21.3. The fourth-order valence-electron chi connectivity index (χ4n) is 3.14. The first kappa shape index (κ1) is 24.7. The van der Waals surface area contributed by atoms with Crippen LogP contribution in [0.1, 0.15) is 18.1 Å². The lowest BCUT2D eigenvalue weighted by Gasteiger charge is -2.14. The summed E-state index contributed by atoms with van der Waals surface area (Å²) in [5.74, 6) is 4.29.